The van der Waals surface area contributed by atoms with Gasteiger partial charge in [-0.15, -0.1) is 11.8 Å². The summed E-state index contributed by atoms with van der Waals surface area (Å²) in [5, 5.41) is 3.01. The van der Waals surface area contributed by atoms with Gasteiger partial charge < -0.3 is 15.1 Å². The van der Waals surface area contributed by atoms with E-state index in [2.05, 4.69) is 79.2 Å². The fraction of sp³-hybridized carbons (Fsp3) is 0.458. The van der Waals surface area contributed by atoms with Gasteiger partial charge in [0.05, 0.1) is 5.75 Å². The van der Waals surface area contributed by atoms with E-state index in [1.807, 2.05) is 12.1 Å². The SMILES string of the molecule is CCN1CCN(c2ccc(NC(=O)CSc3ccc(C(C)(C)C)cc3)cc2)CC1. The van der Waals surface area contributed by atoms with Crippen LogP contribution < -0.4 is 10.2 Å². The minimum absolute atomic E-state index is 0.0270. The molecule has 5 heteroatoms. The molecule has 4 nitrogen and oxygen atoms in total. The predicted octanol–water partition coefficient (Wildman–Crippen LogP) is 4.86. The Morgan fingerprint density at radius 2 is 1.59 bits per heavy atom. The van der Waals surface area contributed by atoms with E-state index in [-0.39, 0.29) is 11.3 Å². The fourth-order valence-corrected chi connectivity index (χ4v) is 4.17. The number of hydrogen-bond donors (Lipinski definition) is 1. The maximum Gasteiger partial charge on any atom is 0.234 e. The topological polar surface area (TPSA) is 35.6 Å². The molecule has 0 bridgehead atoms. The third kappa shape index (κ3) is 6.25. The Kier molecular flexibility index (Phi) is 7.25. The number of hydrogen-bond acceptors (Lipinski definition) is 4. The summed E-state index contributed by atoms with van der Waals surface area (Å²) < 4.78 is 0. The molecule has 0 aromatic heterocycles. The average molecular weight is 412 g/mol. The van der Waals surface area contributed by atoms with Crippen molar-refractivity contribution in [2.75, 3.05) is 48.7 Å². The van der Waals surface area contributed by atoms with Crippen LogP contribution in [0, 0.1) is 0 Å². The maximum atomic E-state index is 12.3. The van der Waals surface area contributed by atoms with Crippen molar-refractivity contribution in [1.82, 2.24) is 4.90 Å². The third-order valence-electron chi connectivity index (χ3n) is 5.43. The molecule has 1 aliphatic rings. The Bertz CT molecular complexity index is 788. The van der Waals surface area contributed by atoms with Crippen LogP contribution in [0.3, 0.4) is 0 Å². The van der Waals surface area contributed by atoms with Crippen molar-refractivity contribution in [2.24, 2.45) is 0 Å². The maximum absolute atomic E-state index is 12.3. The Hall–Kier alpha value is -1.98. The van der Waals surface area contributed by atoms with E-state index in [0.29, 0.717) is 5.75 Å². The van der Waals surface area contributed by atoms with Gasteiger partial charge in [0.25, 0.3) is 0 Å². The van der Waals surface area contributed by atoms with E-state index in [0.717, 1.165) is 43.3 Å². The van der Waals surface area contributed by atoms with Crippen molar-refractivity contribution >= 4 is 29.0 Å². The van der Waals surface area contributed by atoms with E-state index in [1.54, 1.807) is 11.8 Å². The highest BCUT2D eigenvalue weighted by molar-refractivity contribution is 8.00. The molecule has 2 aromatic rings. The third-order valence-corrected chi connectivity index (χ3v) is 6.44. The summed E-state index contributed by atoms with van der Waals surface area (Å²) in [6, 6.07) is 16.7. The van der Waals surface area contributed by atoms with E-state index in [9.17, 15) is 4.79 Å². The first kappa shape index (κ1) is 21.7. The average Bonchev–Trinajstić information content (AvgIpc) is 2.72. The number of rotatable bonds is 6. The van der Waals surface area contributed by atoms with Gasteiger partial charge in [-0.2, -0.15) is 0 Å². The molecule has 1 N–H and O–H groups in total. The van der Waals surface area contributed by atoms with Crippen LogP contribution >= 0.6 is 11.8 Å². The van der Waals surface area contributed by atoms with Crippen molar-refractivity contribution in [3.05, 3.63) is 54.1 Å². The Morgan fingerprint density at radius 1 is 0.966 bits per heavy atom. The smallest absolute Gasteiger partial charge is 0.234 e. The van der Waals surface area contributed by atoms with Gasteiger partial charge in [0.1, 0.15) is 0 Å². The van der Waals surface area contributed by atoms with Gasteiger partial charge in [-0.3, -0.25) is 4.79 Å². The van der Waals surface area contributed by atoms with Crippen LogP contribution in [0.25, 0.3) is 0 Å². The van der Waals surface area contributed by atoms with Gasteiger partial charge in [-0.05, 0) is 53.9 Å². The van der Waals surface area contributed by atoms with Gasteiger partial charge in [0.15, 0.2) is 0 Å². The molecular formula is C24H33N3OS. The van der Waals surface area contributed by atoms with E-state index < -0.39 is 0 Å². The highest BCUT2D eigenvalue weighted by Crippen LogP contribution is 2.26. The number of piperazine rings is 1. The van der Waals surface area contributed by atoms with Crippen molar-refractivity contribution in [3.8, 4) is 0 Å². The summed E-state index contributed by atoms with van der Waals surface area (Å²) in [7, 11) is 0. The molecule has 0 unspecified atom stereocenters. The highest BCUT2D eigenvalue weighted by atomic mass is 32.2. The summed E-state index contributed by atoms with van der Waals surface area (Å²) in [5.41, 5.74) is 3.54. The number of carbonyl (C=O) groups is 1. The highest BCUT2D eigenvalue weighted by Gasteiger charge is 2.16. The molecule has 1 heterocycles. The first-order valence-corrected chi connectivity index (χ1v) is 11.4. The zero-order valence-electron chi connectivity index (χ0n) is 18.1. The molecule has 1 aliphatic heterocycles. The van der Waals surface area contributed by atoms with E-state index >= 15 is 0 Å². The lowest BCUT2D eigenvalue weighted by molar-refractivity contribution is -0.113. The largest absolute Gasteiger partial charge is 0.369 e. The lowest BCUT2D eigenvalue weighted by Gasteiger charge is -2.35. The van der Waals surface area contributed by atoms with Crippen molar-refractivity contribution in [2.45, 2.75) is 38.0 Å². The van der Waals surface area contributed by atoms with Crippen LogP contribution in [0.15, 0.2) is 53.4 Å². The van der Waals surface area contributed by atoms with Crippen LogP contribution in [-0.4, -0.2) is 49.3 Å². The number of anilines is 2. The van der Waals surface area contributed by atoms with Gasteiger partial charge in [-0.25, -0.2) is 0 Å². The number of benzene rings is 2. The molecule has 3 rings (SSSR count). The molecule has 29 heavy (non-hydrogen) atoms. The zero-order chi connectivity index (χ0) is 20.9. The minimum Gasteiger partial charge on any atom is -0.369 e. The summed E-state index contributed by atoms with van der Waals surface area (Å²) >= 11 is 1.57. The van der Waals surface area contributed by atoms with Gasteiger partial charge >= 0.3 is 0 Å². The van der Waals surface area contributed by atoms with Crippen LogP contribution in [0.5, 0.6) is 0 Å². The van der Waals surface area contributed by atoms with Crippen LogP contribution in [0.1, 0.15) is 33.3 Å². The summed E-state index contributed by atoms with van der Waals surface area (Å²) in [4.78, 5) is 18.3. The molecule has 1 fully saturated rings. The number of carbonyl (C=O) groups excluding carboxylic acids is 1. The summed E-state index contributed by atoms with van der Waals surface area (Å²) in [6.07, 6.45) is 0. The van der Waals surface area contributed by atoms with E-state index in [1.165, 1.54) is 11.3 Å². The molecule has 0 atom stereocenters. The quantitative estimate of drug-likeness (QED) is 0.689. The second-order valence-electron chi connectivity index (χ2n) is 8.58. The Morgan fingerprint density at radius 3 is 2.14 bits per heavy atom. The zero-order valence-corrected chi connectivity index (χ0v) is 18.9. The van der Waals surface area contributed by atoms with Gasteiger partial charge in [0, 0.05) is 42.4 Å². The number of nitrogens with one attached hydrogen (secondary N) is 1. The molecule has 0 saturated carbocycles. The standard InChI is InChI=1S/C24H33N3OS/c1-5-26-14-16-27(17-15-26)21-10-8-20(9-11-21)25-23(28)18-29-22-12-6-19(7-13-22)24(2,3)4/h6-13H,5,14-18H2,1-4H3,(H,25,28). The molecule has 1 saturated heterocycles. The lowest BCUT2D eigenvalue weighted by Crippen LogP contribution is -2.46. The Labute approximate surface area is 179 Å². The molecule has 2 aromatic carbocycles. The van der Waals surface area contributed by atoms with Crippen molar-refractivity contribution in [3.63, 3.8) is 0 Å². The fourth-order valence-electron chi connectivity index (χ4n) is 3.47. The molecule has 0 aliphatic carbocycles. The second-order valence-corrected chi connectivity index (χ2v) is 9.63. The molecular weight excluding hydrogens is 378 g/mol. The normalized spacial score (nSPS) is 15.4. The number of likely N-dealkylation sites (N-methyl/N-ethyl adjacent to an activating group) is 1. The minimum atomic E-state index is 0.0270. The predicted molar refractivity (Wildman–Crippen MR) is 125 cm³/mol. The monoisotopic (exact) mass is 411 g/mol. The second kappa shape index (κ2) is 9.68. The molecule has 1 amide bonds. The number of thioether (sulfide) groups is 1. The Balaban J connectivity index is 1.47. The van der Waals surface area contributed by atoms with Crippen molar-refractivity contribution < 1.29 is 4.79 Å². The van der Waals surface area contributed by atoms with Crippen LogP contribution in [-0.2, 0) is 10.2 Å². The molecule has 156 valence electrons. The first-order chi connectivity index (χ1) is 13.8. The van der Waals surface area contributed by atoms with E-state index in [4.69, 9.17) is 0 Å². The number of amides is 1. The van der Waals surface area contributed by atoms with Crippen LogP contribution in [0.2, 0.25) is 0 Å². The van der Waals surface area contributed by atoms with Crippen LogP contribution in [0.4, 0.5) is 11.4 Å². The molecule has 0 spiro atoms. The summed E-state index contributed by atoms with van der Waals surface area (Å²) in [5.74, 6) is 0.439. The van der Waals surface area contributed by atoms with Gasteiger partial charge in [0.2, 0.25) is 5.91 Å². The van der Waals surface area contributed by atoms with Gasteiger partial charge in [-0.1, -0.05) is 39.8 Å². The summed E-state index contributed by atoms with van der Waals surface area (Å²) in [6.45, 7) is 14.3. The molecule has 0 radical (unpaired) electrons. The lowest BCUT2D eigenvalue weighted by atomic mass is 9.87. The number of nitrogens with zero attached hydrogens (tertiary/aromatic N) is 2. The first-order valence-electron chi connectivity index (χ1n) is 10.5. The van der Waals surface area contributed by atoms with Crippen molar-refractivity contribution in [1.29, 1.82) is 0 Å².